The summed E-state index contributed by atoms with van der Waals surface area (Å²) in [5.41, 5.74) is 1.09. The summed E-state index contributed by atoms with van der Waals surface area (Å²) < 4.78 is 5.18. The zero-order valence-electron chi connectivity index (χ0n) is 11.4. The van der Waals surface area contributed by atoms with Crippen molar-refractivity contribution in [1.82, 2.24) is 10.2 Å². The highest BCUT2D eigenvalue weighted by atomic mass is 35.5. The molecule has 0 unspecified atom stereocenters. The number of rotatable bonds is 4. The number of halogens is 1. The van der Waals surface area contributed by atoms with Gasteiger partial charge in [-0.2, -0.15) is 0 Å². The molecule has 1 aliphatic heterocycles. The fourth-order valence-corrected chi connectivity index (χ4v) is 2.28. The van der Waals surface area contributed by atoms with E-state index in [2.05, 4.69) is 5.32 Å². The molecular formula is C14H21ClN2O2. The quantitative estimate of drug-likeness (QED) is 0.917. The van der Waals surface area contributed by atoms with Gasteiger partial charge in [0.2, 0.25) is 5.91 Å². The minimum Gasteiger partial charge on any atom is -0.497 e. The number of methoxy groups -OCH3 is 1. The van der Waals surface area contributed by atoms with Crippen molar-refractivity contribution in [3.05, 3.63) is 29.8 Å². The van der Waals surface area contributed by atoms with Crippen molar-refractivity contribution in [2.24, 2.45) is 0 Å². The number of hydrogen-bond donors (Lipinski definition) is 1. The van der Waals surface area contributed by atoms with Crippen LogP contribution in [0.1, 0.15) is 18.4 Å². The minimum absolute atomic E-state index is 0. The second-order valence-corrected chi connectivity index (χ2v) is 4.69. The van der Waals surface area contributed by atoms with E-state index in [4.69, 9.17) is 4.74 Å². The first-order chi connectivity index (χ1) is 8.70. The van der Waals surface area contributed by atoms with Crippen LogP contribution in [-0.4, -0.2) is 37.6 Å². The van der Waals surface area contributed by atoms with E-state index in [1.54, 1.807) is 12.0 Å². The van der Waals surface area contributed by atoms with Crippen LogP contribution in [-0.2, 0) is 11.3 Å². The number of carbonyl (C=O) groups excluding carboxylic acids is 1. The Kier molecular flexibility index (Phi) is 6.12. The molecule has 0 radical (unpaired) electrons. The topological polar surface area (TPSA) is 41.6 Å². The summed E-state index contributed by atoms with van der Waals surface area (Å²) in [4.78, 5) is 13.9. The lowest BCUT2D eigenvalue weighted by atomic mass is 10.1. The van der Waals surface area contributed by atoms with E-state index in [-0.39, 0.29) is 24.4 Å². The monoisotopic (exact) mass is 284 g/mol. The molecule has 1 heterocycles. The molecule has 1 aromatic rings. The highest BCUT2D eigenvalue weighted by molar-refractivity contribution is 5.85. The smallest absolute Gasteiger partial charge is 0.239 e. The van der Waals surface area contributed by atoms with Crippen LogP contribution < -0.4 is 10.1 Å². The Morgan fingerprint density at radius 2 is 2.32 bits per heavy atom. The van der Waals surface area contributed by atoms with E-state index < -0.39 is 0 Å². The van der Waals surface area contributed by atoms with Crippen LogP contribution in [0.15, 0.2) is 24.3 Å². The van der Waals surface area contributed by atoms with Crippen molar-refractivity contribution in [3.63, 3.8) is 0 Å². The minimum atomic E-state index is 0. The Bertz CT molecular complexity index is 420. The summed E-state index contributed by atoms with van der Waals surface area (Å²) in [6, 6.07) is 7.82. The molecule has 4 nitrogen and oxygen atoms in total. The number of likely N-dealkylation sites (N-methyl/N-ethyl adjacent to an activating group) is 1. The van der Waals surface area contributed by atoms with Crippen LogP contribution in [0.4, 0.5) is 0 Å². The van der Waals surface area contributed by atoms with Crippen molar-refractivity contribution in [3.8, 4) is 5.75 Å². The molecule has 0 spiro atoms. The lowest BCUT2D eigenvalue weighted by Crippen LogP contribution is -2.41. The average molecular weight is 285 g/mol. The van der Waals surface area contributed by atoms with Gasteiger partial charge in [0.1, 0.15) is 5.75 Å². The Balaban J connectivity index is 0.00000180. The Hall–Kier alpha value is -1.26. The van der Waals surface area contributed by atoms with Crippen molar-refractivity contribution < 1.29 is 9.53 Å². The SMILES string of the molecule is COc1cccc(CN(C)C(=O)[C@@H]2CCCN2)c1.Cl. The van der Waals surface area contributed by atoms with Gasteiger partial charge in [0.05, 0.1) is 13.2 Å². The molecule has 5 heteroatoms. The molecule has 2 rings (SSSR count). The van der Waals surface area contributed by atoms with Crippen LogP contribution in [0.25, 0.3) is 0 Å². The summed E-state index contributed by atoms with van der Waals surface area (Å²) in [6.07, 6.45) is 2.03. The fourth-order valence-electron chi connectivity index (χ4n) is 2.28. The number of amides is 1. The summed E-state index contributed by atoms with van der Waals surface area (Å²) in [6.45, 7) is 1.57. The largest absolute Gasteiger partial charge is 0.497 e. The lowest BCUT2D eigenvalue weighted by molar-refractivity contribution is -0.132. The summed E-state index contributed by atoms with van der Waals surface area (Å²) in [7, 11) is 3.50. The Labute approximate surface area is 120 Å². The van der Waals surface area contributed by atoms with E-state index in [9.17, 15) is 4.79 Å². The zero-order chi connectivity index (χ0) is 13.0. The van der Waals surface area contributed by atoms with Gasteiger partial charge in [0.25, 0.3) is 0 Å². The molecule has 1 aromatic carbocycles. The average Bonchev–Trinajstić information content (AvgIpc) is 2.92. The third-order valence-electron chi connectivity index (χ3n) is 3.29. The fraction of sp³-hybridized carbons (Fsp3) is 0.500. The predicted molar refractivity (Wildman–Crippen MR) is 77.7 cm³/mol. The predicted octanol–water partition coefficient (Wildman–Crippen LogP) is 1.83. The van der Waals surface area contributed by atoms with Gasteiger partial charge in [-0.1, -0.05) is 12.1 Å². The highest BCUT2D eigenvalue weighted by Crippen LogP contribution is 2.15. The van der Waals surface area contributed by atoms with Gasteiger partial charge in [-0.25, -0.2) is 0 Å². The number of nitrogens with zero attached hydrogens (tertiary/aromatic N) is 1. The Morgan fingerprint density at radius 1 is 1.53 bits per heavy atom. The molecule has 0 saturated carbocycles. The molecule has 0 aromatic heterocycles. The maximum Gasteiger partial charge on any atom is 0.239 e. The second-order valence-electron chi connectivity index (χ2n) is 4.69. The third-order valence-corrected chi connectivity index (χ3v) is 3.29. The molecular weight excluding hydrogens is 264 g/mol. The molecule has 1 amide bonds. The third kappa shape index (κ3) is 4.11. The second kappa shape index (κ2) is 7.36. The van der Waals surface area contributed by atoms with Gasteiger partial charge in [0.15, 0.2) is 0 Å². The van der Waals surface area contributed by atoms with Gasteiger partial charge >= 0.3 is 0 Å². The molecule has 1 saturated heterocycles. The van der Waals surface area contributed by atoms with E-state index in [1.165, 1.54) is 0 Å². The van der Waals surface area contributed by atoms with Gasteiger partial charge in [-0.15, -0.1) is 12.4 Å². The van der Waals surface area contributed by atoms with Crippen molar-refractivity contribution in [1.29, 1.82) is 0 Å². The number of benzene rings is 1. The van der Waals surface area contributed by atoms with Crippen molar-refractivity contribution in [2.75, 3.05) is 20.7 Å². The number of hydrogen-bond acceptors (Lipinski definition) is 3. The van der Waals surface area contributed by atoms with Crippen LogP contribution >= 0.6 is 12.4 Å². The van der Waals surface area contributed by atoms with Gasteiger partial charge in [-0.05, 0) is 37.1 Å². The lowest BCUT2D eigenvalue weighted by Gasteiger charge is -2.21. The maximum absolute atomic E-state index is 12.1. The highest BCUT2D eigenvalue weighted by Gasteiger charge is 2.24. The number of ether oxygens (including phenoxy) is 1. The molecule has 0 bridgehead atoms. The molecule has 1 fully saturated rings. The molecule has 0 aliphatic carbocycles. The first-order valence-corrected chi connectivity index (χ1v) is 6.32. The summed E-state index contributed by atoms with van der Waals surface area (Å²) >= 11 is 0. The first-order valence-electron chi connectivity index (χ1n) is 6.32. The van der Waals surface area contributed by atoms with Gasteiger partial charge in [-0.3, -0.25) is 4.79 Å². The molecule has 1 aliphatic rings. The van der Waals surface area contributed by atoms with Crippen LogP contribution in [0, 0.1) is 0 Å². The molecule has 1 N–H and O–H groups in total. The van der Waals surface area contributed by atoms with E-state index in [1.807, 2.05) is 31.3 Å². The van der Waals surface area contributed by atoms with Crippen molar-refractivity contribution in [2.45, 2.75) is 25.4 Å². The van der Waals surface area contributed by atoms with Crippen LogP contribution in [0.5, 0.6) is 5.75 Å². The van der Waals surface area contributed by atoms with E-state index >= 15 is 0 Å². The zero-order valence-corrected chi connectivity index (χ0v) is 12.2. The van der Waals surface area contributed by atoms with E-state index in [0.717, 1.165) is 30.7 Å². The molecule has 1 atom stereocenters. The van der Waals surface area contributed by atoms with Gasteiger partial charge in [0, 0.05) is 13.6 Å². The Morgan fingerprint density at radius 3 is 2.95 bits per heavy atom. The molecule has 19 heavy (non-hydrogen) atoms. The number of carbonyl (C=O) groups is 1. The first kappa shape index (κ1) is 15.8. The van der Waals surface area contributed by atoms with Crippen molar-refractivity contribution >= 4 is 18.3 Å². The summed E-state index contributed by atoms with van der Waals surface area (Å²) in [5, 5.41) is 3.23. The van der Waals surface area contributed by atoms with Crippen LogP contribution in [0.2, 0.25) is 0 Å². The van der Waals surface area contributed by atoms with Gasteiger partial charge < -0.3 is 15.0 Å². The molecule has 106 valence electrons. The maximum atomic E-state index is 12.1. The standard InChI is InChI=1S/C14H20N2O2.ClH/c1-16(14(17)13-7-4-8-15-13)10-11-5-3-6-12(9-11)18-2;/h3,5-6,9,13,15H,4,7-8,10H2,1-2H3;1H/t13-;/m0./s1. The normalized spacial score (nSPS) is 17.7. The van der Waals surface area contributed by atoms with Crippen LogP contribution in [0.3, 0.4) is 0 Å². The summed E-state index contributed by atoms with van der Waals surface area (Å²) in [5.74, 6) is 1.00. The number of nitrogens with one attached hydrogen (secondary N) is 1. The van der Waals surface area contributed by atoms with E-state index in [0.29, 0.717) is 6.54 Å².